The monoisotopic (exact) mass is 419 g/mol. The first-order chi connectivity index (χ1) is 15.1. The van der Waals surface area contributed by atoms with Crippen LogP contribution in [0.15, 0.2) is 54.7 Å². The van der Waals surface area contributed by atoms with Crippen molar-refractivity contribution in [1.29, 1.82) is 0 Å². The molecule has 2 aromatic heterocycles. The van der Waals surface area contributed by atoms with E-state index in [9.17, 15) is 4.79 Å². The summed E-state index contributed by atoms with van der Waals surface area (Å²) in [5.74, 6) is 2.78. The van der Waals surface area contributed by atoms with Crippen LogP contribution in [0, 0.1) is 6.92 Å². The third kappa shape index (κ3) is 5.00. The van der Waals surface area contributed by atoms with Crippen molar-refractivity contribution in [3.05, 3.63) is 60.3 Å². The first-order valence-electron chi connectivity index (χ1n) is 10.1. The summed E-state index contributed by atoms with van der Waals surface area (Å²) in [5, 5.41) is 14.6. The van der Waals surface area contributed by atoms with Gasteiger partial charge in [-0.15, -0.1) is 10.2 Å². The molecule has 0 saturated carbocycles. The fraction of sp³-hybridized carbons (Fsp3) is 0.273. The van der Waals surface area contributed by atoms with Crippen molar-refractivity contribution in [3.63, 3.8) is 0 Å². The Kier molecular flexibility index (Phi) is 6.11. The van der Waals surface area contributed by atoms with Crippen LogP contribution in [0.4, 0.5) is 27.9 Å². The molecule has 0 atom stereocenters. The second kappa shape index (κ2) is 9.29. The van der Waals surface area contributed by atoms with Gasteiger partial charge in [-0.25, -0.2) is 9.78 Å². The van der Waals surface area contributed by atoms with Gasteiger partial charge in [0.2, 0.25) is 0 Å². The normalized spacial score (nSPS) is 13.6. The number of nitrogens with zero attached hydrogens (tertiary/aromatic N) is 5. The fourth-order valence-electron chi connectivity index (χ4n) is 3.31. The number of aromatic nitrogens is 3. The quantitative estimate of drug-likeness (QED) is 0.655. The van der Waals surface area contributed by atoms with E-state index in [1.54, 1.807) is 18.2 Å². The van der Waals surface area contributed by atoms with Crippen LogP contribution in [0.2, 0.25) is 0 Å². The zero-order valence-corrected chi connectivity index (χ0v) is 17.6. The highest BCUT2D eigenvalue weighted by Crippen LogP contribution is 2.24. The van der Waals surface area contributed by atoms with Crippen molar-refractivity contribution in [2.75, 3.05) is 48.8 Å². The number of ether oxygens (including phenoxy) is 1. The highest BCUT2D eigenvalue weighted by Gasteiger charge is 2.22. The highest BCUT2D eigenvalue weighted by molar-refractivity contribution is 5.91. The average molecular weight is 419 g/mol. The maximum Gasteiger partial charge on any atom is 0.322 e. The van der Waals surface area contributed by atoms with Crippen LogP contribution in [0.1, 0.15) is 5.56 Å². The number of methoxy groups -OCH3 is 1. The topological polar surface area (TPSA) is 95.5 Å². The lowest BCUT2D eigenvalue weighted by Gasteiger charge is -2.35. The smallest absolute Gasteiger partial charge is 0.322 e. The van der Waals surface area contributed by atoms with Gasteiger partial charge in [0.1, 0.15) is 11.6 Å². The van der Waals surface area contributed by atoms with Gasteiger partial charge in [0.05, 0.1) is 12.8 Å². The van der Waals surface area contributed by atoms with Crippen LogP contribution in [-0.2, 0) is 0 Å². The number of amides is 2. The summed E-state index contributed by atoms with van der Waals surface area (Å²) in [6, 6.07) is 14.9. The maximum absolute atomic E-state index is 12.6. The molecule has 0 bridgehead atoms. The second-order valence-electron chi connectivity index (χ2n) is 7.23. The lowest BCUT2D eigenvalue weighted by molar-refractivity contribution is 0.208. The average Bonchev–Trinajstić information content (AvgIpc) is 2.81. The van der Waals surface area contributed by atoms with Gasteiger partial charge in [-0.3, -0.25) is 0 Å². The van der Waals surface area contributed by atoms with E-state index in [1.165, 1.54) is 0 Å². The molecule has 0 radical (unpaired) electrons. The minimum Gasteiger partial charge on any atom is -0.495 e. The Labute approximate surface area is 181 Å². The Balaban J connectivity index is 1.31. The van der Waals surface area contributed by atoms with E-state index in [0.29, 0.717) is 43.4 Å². The van der Waals surface area contributed by atoms with Crippen molar-refractivity contribution in [3.8, 4) is 5.75 Å². The number of carbonyl (C=O) groups is 1. The fourth-order valence-corrected chi connectivity index (χ4v) is 3.31. The number of rotatable bonds is 5. The van der Waals surface area contributed by atoms with Gasteiger partial charge in [-0.1, -0.05) is 18.2 Å². The van der Waals surface area contributed by atoms with Gasteiger partial charge in [-0.2, -0.15) is 0 Å². The second-order valence-corrected chi connectivity index (χ2v) is 7.23. The minimum absolute atomic E-state index is 0.139. The number of aryl methyl sites for hydroxylation is 1. The Morgan fingerprint density at radius 2 is 1.74 bits per heavy atom. The molecule has 2 N–H and O–H groups in total. The zero-order chi connectivity index (χ0) is 21.6. The summed E-state index contributed by atoms with van der Waals surface area (Å²) in [5.41, 5.74) is 1.76. The molecule has 160 valence electrons. The van der Waals surface area contributed by atoms with Crippen LogP contribution in [0.5, 0.6) is 5.75 Å². The SMILES string of the molecule is COc1ccccc1NC(=O)N1CCN(c2ccc(Nc3ccc(C)cn3)nn2)CC1. The summed E-state index contributed by atoms with van der Waals surface area (Å²) in [7, 11) is 1.59. The lowest BCUT2D eigenvalue weighted by atomic mass is 10.3. The number of piperazine rings is 1. The number of urea groups is 1. The van der Waals surface area contributed by atoms with Gasteiger partial charge in [-0.05, 0) is 42.8 Å². The molecule has 2 amide bonds. The van der Waals surface area contributed by atoms with Gasteiger partial charge in [0.15, 0.2) is 11.6 Å². The number of hydrogen-bond acceptors (Lipinski definition) is 7. The Hall–Kier alpha value is -3.88. The van der Waals surface area contributed by atoms with E-state index in [0.717, 1.165) is 17.2 Å². The molecule has 9 nitrogen and oxygen atoms in total. The van der Waals surface area contributed by atoms with Crippen molar-refractivity contribution in [1.82, 2.24) is 20.1 Å². The molecular formula is C22H25N7O2. The lowest BCUT2D eigenvalue weighted by Crippen LogP contribution is -2.50. The first kappa shape index (κ1) is 20.4. The molecule has 1 saturated heterocycles. The molecule has 0 spiro atoms. The van der Waals surface area contributed by atoms with Crippen LogP contribution in [-0.4, -0.2) is 59.4 Å². The highest BCUT2D eigenvalue weighted by atomic mass is 16.5. The largest absolute Gasteiger partial charge is 0.495 e. The number of nitrogens with one attached hydrogen (secondary N) is 2. The van der Waals surface area contributed by atoms with E-state index in [4.69, 9.17) is 4.74 Å². The molecule has 9 heteroatoms. The van der Waals surface area contributed by atoms with E-state index in [-0.39, 0.29) is 6.03 Å². The molecule has 1 aliphatic rings. The van der Waals surface area contributed by atoms with Gasteiger partial charge >= 0.3 is 6.03 Å². The van der Waals surface area contributed by atoms with Crippen LogP contribution in [0.3, 0.4) is 0 Å². The number of benzene rings is 1. The molecule has 0 unspecified atom stereocenters. The summed E-state index contributed by atoms with van der Waals surface area (Å²) < 4.78 is 5.29. The summed E-state index contributed by atoms with van der Waals surface area (Å²) in [4.78, 5) is 20.8. The van der Waals surface area contributed by atoms with E-state index >= 15 is 0 Å². The predicted octanol–water partition coefficient (Wildman–Crippen LogP) is 3.29. The van der Waals surface area contributed by atoms with Crippen LogP contribution >= 0.6 is 0 Å². The third-order valence-corrected chi connectivity index (χ3v) is 5.06. The number of carbonyl (C=O) groups excluding carboxylic acids is 1. The van der Waals surface area contributed by atoms with Crippen molar-refractivity contribution >= 4 is 29.2 Å². The van der Waals surface area contributed by atoms with E-state index in [2.05, 4.69) is 30.7 Å². The van der Waals surface area contributed by atoms with Gasteiger partial charge in [0.25, 0.3) is 0 Å². The molecule has 3 heterocycles. The standard InChI is InChI=1S/C22H25N7O2/c1-16-7-8-19(23-15-16)25-20-9-10-21(27-26-20)28-11-13-29(14-12-28)22(30)24-17-5-3-4-6-18(17)31-2/h3-10,15H,11-14H2,1-2H3,(H,24,30)(H,23,25,26). The van der Waals surface area contributed by atoms with Crippen molar-refractivity contribution in [2.45, 2.75) is 6.92 Å². The number of para-hydroxylation sites is 2. The van der Waals surface area contributed by atoms with Crippen LogP contribution in [0.25, 0.3) is 0 Å². The molecule has 4 rings (SSSR count). The van der Waals surface area contributed by atoms with Gasteiger partial charge < -0.3 is 25.2 Å². The third-order valence-electron chi connectivity index (χ3n) is 5.06. The van der Waals surface area contributed by atoms with Crippen LogP contribution < -0.4 is 20.3 Å². The Bertz CT molecular complexity index is 1020. The maximum atomic E-state index is 12.6. The molecule has 1 fully saturated rings. The summed E-state index contributed by atoms with van der Waals surface area (Å²) >= 11 is 0. The molecular weight excluding hydrogens is 394 g/mol. The molecule has 1 aromatic carbocycles. The Morgan fingerprint density at radius 1 is 0.968 bits per heavy atom. The molecule has 31 heavy (non-hydrogen) atoms. The minimum atomic E-state index is -0.139. The number of hydrogen-bond donors (Lipinski definition) is 2. The predicted molar refractivity (Wildman–Crippen MR) is 120 cm³/mol. The number of pyridine rings is 1. The Morgan fingerprint density at radius 3 is 2.42 bits per heavy atom. The number of anilines is 4. The van der Waals surface area contributed by atoms with Crippen molar-refractivity contribution in [2.24, 2.45) is 0 Å². The zero-order valence-electron chi connectivity index (χ0n) is 17.6. The summed E-state index contributed by atoms with van der Waals surface area (Å²) in [6.45, 7) is 4.54. The first-order valence-corrected chi connectivity index (χ1v) is 10.1. The van der Waals surface area contributed by atoms with E-state index in [1.807, 2.05) is 55.5 Å². The summed E-state index contributed by atoms with van der Waals surface area (Å²) in [6.07, 6.45) is 1.80. The molecule has 0 aliphatic carbocycles. The van der Waals surface area contributed by atoms with E-state index < -0.39 is 0 Å². The van der Waals surface area contributed by atoms with Gasteiger partial charge in [0, 0.05) is 32.4 Å². The molecule has 3 aromatic rings. The van der Waals surface area contributed by atoms with Crippen molar-refractivity contribution < 1.29 is 9.53 Å². The molecule has 1 aliphatic heterocycles.